The fourth-order valence-corrected chi connectivity index (χ4v) is 3.83. The summed E-state index contributed by atoms with van der Waals surface area (Å²) in [7, 11) is 0. The fourth-order valence-electron chi connectivity index (χ4n) is 3.83. The number of Topliss-reactive ketones (excluding diaryl/α,β-unsaturated/α-hetero) is 1. The zero-order chi connectivity index (χ0) is 11.1. The van der Waals surface area contributed by atoms with Crippen molar-refractivity contribution in [1.29, 1.82) is 0 Å². The summed E-state index contributed by atoms with van der Waals surface area (Å²) >= 11 is 0. The first-order valence-corrected chi connectivity index (χ1v) is 6.56. The maximum absolute atomic E-state index is 11.7. The van der Waals surface area contributed by atoms with Crippen LogP contribution in [0.5, 0.6) is 0 Å². The predicted octanol–water partition coefficient (Wildman–Crippen LogP) is 2.43. The Balaban J connectivity index is 1.94. The van der Waals surface area contributed by atoms with Crippen LogP contribution in [0.15, 0.2) is 0 Å². The minimum atomic E-state index is -0.407. The van der Waals surface area contributed by atoms with E-state index in [0.29, 0.717) is 25.4 Å². The van der Waals surface area contributed by atoms with Crippen LogP contribution in [0.3, 0.4) is 0 Å². The highest BCUT2D eigenvalue weighted by molar-refractivity contribution is 5.81. The fraction of sp³-hybridized carbons (Fsp3) is 0.923. The highest BCUT2D eigenvalue weighted by Gasteiger charge is 2.58. The van der Waals surface area contributed by atoms with Crippen molar-refractivity contribution in [1.82, 2.24) is 0 Å². The van der Waals surface area contributed by atoms with E-state index in [-0.39, 0.29) is 5.41 Å². The van der Waals surface area contributed by atoms with Gasteiger partial charge >= 0.3 is 0 Å². The Labute approximate surface area is 96.5 Å². The first-order chi connectivity index (χ1) is 7.77. The molecule has 2 aliphatic carbocycles. The molecule has 1 heterocycles. The van der Waals surface area contributed by atoms with Crippen molar-refractivity contribution in [3.05, 3.63) is 0 Å². The Morgan fingerprint density at radius 3 is 2.38 bits per heavy atom. The second-order valence-electron chi connectivity index (χ2n) is 5.51. The Kier molecular flexibility index (Phi) is 2.55. The molecule has 1 unspecified atom stereocenters. The third kappa shape index (κ3) is 1.45. The zero-order valence-corrected chi connectivity index (χ0v) is 9.80. The highest BCUT2D eigenvalue weighted by Crippen LogP contribution is 2.55. The number of rotatable bonds is 0. The normalized spacial score (nSPS) is 38.4. The molecular formula is C13H20O3. The quantitative estimate of drug-likeness (QED) is 0.634. The van der Waals surface area contributed by atoms with Crippen molar-refractivity contribution in [2.45, 2.75) is 57.2 Å². The van der Waals surface area contributed by atoms with Crippen molar-refractivity contribution in [2.24, 2.45) is 5.41 Å². The molecule has 3 rings (SSSR count). The maximum atomic E-state index is 11.7. The molecule has 0 radical (unpaired) electrons. The van der Waals surface area contributed by atoms with Gasteiger partial charge in [0.25, 0.3) is 0 Å². The van der Waals surface area contributed by atoms with Gasteiger partial charge in [-0.3, -0.25) is 4.79 Å². The van der Waals surface area contributed by atoms with Crippen LogP contribution in [0.2, 0.25) is 0 Å². The van der Waals surface area contributed by atoms with Crippen LogP contribution < -0.4 is 0 Å². The lowest BCUT2D eigenvalue weighted by Crippen LogP contribution is -2.47. The molecule has 0 amide bonds. The smallest absolute Gasteiger partial charge is 0.174 e. The van der Waals surface area contributed by atoms with Gasteiger partial charge in [-0.1, -0.05) is 12.8 Å². The van der Waals surface area contributed by atoms with Crippen LogP contribution in [-0.4, -0.2) is 24.8 Å². The molecule has 2 spiro atoms. The molecule has 3 fully saturated rings. The van der Waals surface area contributed by atoms with E-state index in [1.54, 1.807) is 0 Å². The molecule has 0 N–H and O–H groups in total. The topological polar surface area (TPSA) is 35.5 Å². The summed E-state index contributed by atoms with van der Waals surface area (Å²) in [6.45, 7) is 1.41. The van der Waals surface area contributed by atoms with E-state index in [4.69, 9.17) is 9.47 Å². The number of ketones is 1. The number of hydrogen-bond donors (Lipinski definition) is 0. The molecule has 90 valence electrons. The molecule has 2 saturated carbocycles. The van der Waals surface area contributed by atoms with Gasteiger partial charge in [0.05, 0.1) is 13.2 Å². The first kappa shape index (κ1) is 10.7. The highest BCUT2D eigenvalue weighted by atomic mass is 16.7. The van der Waals surface area contributed by atoms with Crippen molar-refractivity contribution in [3.8, 4) is 0 Å². The molecule has 16 heavy (non-hydrogen) atoms. The molecule has 3 aliphatic rings. The van der Waals surface area contributed by atoms with E-state index in [1.807, 2.05) is 0 Å². The van der Waals surface area contributed by atoms with E-state index in [9.17, 15) is 4.79 Å². The van der Waals surface area contributed by atoms with Gasteiger partial charge in [0.2, 0.25) is 0 Å². The van der Waals surface area contributed by atoms with E-state index in [2.05, 4.69) is 0 Å². The Hall–Kier alpha value is -0.410. The molecule has 1 atom stereocenters. The van der Waals surface area contributed by atoms with Crippen molar-refractivity contribution in [3.63, 3.8) is 0 Å². The summed E-state index contributed by atoms with van der Waals surface area (Å²) < 4.78 is 11.9. The molecule has 0 aromatic carbocycles. The summed E-state index contributed by atoms with van der Waals surface area (Å²) in [4.78, 5) is 11.7. The summed E-state index contributed by atoms with van der Waals surface area (Å²) in [5.74, 6) is -0.00396. The average Bonchev–Trinajstić information content (AvgIpc) is 2.82. The van der Waals surface area contributed by atoms with Crippen LogP contribution >= 0.6 is 0 Å². The summed E-state index contributed by atoms with van der Waals surface area (Å²) in [6.07, 6.45) is 8.15. The van der Waals surface area contributed by atoms with Crippen molar-refractivity contribution < 1.29 is 14.3 Å². The van der Waals surface area contributed by atoms with E-state index in [1.165, 1.54) is 19.3 Å². The standard InChI is InChI=1S/C13H20O3/c14-11-4-7-12(10-11)5-2-1-3-6-13(12)15-8-9-16-13/h1-10H2. The van der Waals surface area contributed by atoms with Gasteiger partial charge in [0.1, 0.15) is 5.78 Å². The lowest BCUT2D eigenvalue weighted by Gasteiger charge is -2.43. The van der Waals surface area contributed by atoms with Crippen LogP contribution in [0.4, 0.5) is 0 Å². The lowest BCUT2D eigenvalue weighted by atomic mass is 9.73. The molecule has 1 saturated heterocycles. The third-order valence-corrected chi connectivity index (χ3v) is 4.64. The zero-order valence-electron chi connectivity index (χ0n) is 9.80. The SMILES string of the molecule is O=C1CCC2(CCCCCC23OCCO3)C1. The number of ether oxygens (including phenoxy) is 2. The molecule has 0 aromatic heterocycles. The van der Waals surface area contributed by atoms with Gasteiger partial charge in [-0.05, 0) is 19.3 Å². The summed E-state index contributed by atoms with van der Waals surface area (Å²) in [5, 5.41) is 0. The summed E-state index contributed by atoms with van der Waals surface area (Å²) in [5.41, 5.74) is 0.0110. The second-order valence-corrected chi connectivity index (χ2v) is 5.51. The van der Waals surface area contributed by atoms with Crippen molar-refractivity contribution >= 4 is 5.78 Å². The minimum Gasteiger partial charge on any atom is -0.347 e. The lowest BCUT2D eigenvalue weighted by molar-refractivity contribution is -0.239. The minimum absolute atomic E-state index is 0.0110. The third-order valence-electron chi connectivity index (χ3n) is 4.64. The molecule has 0 bridgehead atoms. The average molecular weight is 224 g/mol. The van der Waals surface area contributed by atoms with Crippen molar-refractivity contribution in [2.75, 3.05) is 13.2 Å². The van der Waals surface area contributed by atoms with Gasteiger partial charge in [-0.2, -0.15) is 0 Å². The Morgan fingerprint density at radius 1 is 0.938 bits per heavy atom. The number of carbonyl (C=O) groups excluding carboxylic acids is 1. The van der Waals surface area contributed by atoms with Gasteiger partial charge in [-0.15, -0.1) is 0 Å². The maximum Gasteiger partial charge on any atom is 0.174 e. The molecule has 0 aromatic rings. The van der Waals surface area contributed by atoms with E-state index in [0.717, 1.165) is 25.7 Å². The summed E-state index contributed by atoms with van der Waals surface area (Å²) in [6, 6.07) is 0. The number of hydrogen-bond acceptors (Lipinski definition) is 3. The predicted molar refractivity (Wildman–Crippen MR) is 59.0 cm³/mol. The Bertz CT molecular complexity index is 294. The van der Waals surface area contributed by atoms with Crippen LogP contribution in [-0.2, 0) is 14.3 Å². The number of carbonyl (C=O) groups is 1. The van der Waals surface area contributed by atoms with Crippen LogP contribution in [0.25, 0.3) is 0 Å². The second kappa shape index (κ2) is 3.81. The largest absolute Gasteiger partial charge is 0.347 e. The molecular weight excluding hydrogens is 204 g/mol. The van der Waals surface area contributed by atoms with Crippen LogP contribution in [0.1, 0.15) is 51.4 Å². The van der Waals surface area contributed by atoms with Gasteiger partial charge in [-0.25, -0.2) is 0 Å². The molecule has 3 heteroatoms. The number of fused-ring (bicyclic) bond motifs is 1. The van der Waals surface area contributed by atoms with E-state index < -0.39 is 5.79 Å². The van der Waals surface area contributed by atoms with E-state index >= 15 is 0 Å². The van der Waals surface area contributed by atoms with Gasteiger partial charge < -0.3 is 9.47 Å². The molecule has 1 aliphatic heterocycles. The first-order valence-electron chi connectivity index (χ1n) is 6.56. The van der Waals surface area contributed by atoms with Gasteiger partial charge in [0, 0.05) is 24.7 Å². The molecule has 3 nitrogen and oxygen atoms in total. The van der Waals surface area contributed by atoms with Gasteiger partial charge in [0.15, 0.2) is 5.79 Å². The monoisotopic (exact) mass is 224 g/mol. The Morgan fingerprint density at radius 2 is 1.69 bits per heavy atom. The van der Waals surface area contributed by atoms with Crippen LogP contribution in [0, 0.1) is 5.41 Å².